The van der Waals surface area contributed by atoms with Crippen LogP contribution in [-0.4, -0.2) is 21.8 Å². The topological polar surface area (TPSA) is 101 Å². The Morgan fingerprint density at radius 2 is 2.47 bits per heavy atom. The van der Waals surface area contributed by atoms with Gasteiger partial charge in [-0.3, -0.25) is 14.9 Å². The van der Waals surface area contributed by atoms with Crippen LogP contribution in [0.1, 0.15) is 13.3 Å². The SMILES string of the molecule is CC(C[CH]C(=O)Nc1ncc[nH]1)C(N)=O. The monoisotopic (exact) mass is 209 g/mol. The number of nitrogens with zero attached hydrogens (tertiary/aromatic N) is 1. The van der Waals surface area contributed by atoms with E-state index in [0.29, 0.717) is 12.4 Å². The summed E-state index contributed by atoms with van der Waals surface area (Å²) in [6.45, 7) is 1.67. The molecule has 0 aliphatic carbocycles. The third-order valence-corrected chi connectivity index (χ3v) is 1.88. The van der Waals surface area contributed by atoms with E-state index < -0.39 is 5.91 Å². The first-order chi connectivity index (χ1) is 7.09. The first kappa shape index (κ1) is 11.2. The van der Waals surface area contributed by atoms with Crippen molar-refractivity contribution >= 4 is 17.8 Å². The van der Waals surface area contributed by atoms with Gasteiger partial charge in [0.25, 0.3) is 0 Å². The summed E-state index contributed by atoms with van der Waals surface area (Å²) in [6, 6.07) is 0. The Hall–Kier alpha value is -1.85. The summed E-state index contributed by atoms with van der Waals surface area (Å²) in [7, 11) is 0. The van der Waals surface area contributed by atoms with Gasteiger partial charge < -0.3 is 10.7 Å². The van der Waals surface area contributed by atoms with Crippen molar-refractivity contribution in [2.75, 3.05) is 5.32 Å². The Labute approximate surface area is 87.3 Å². The average Bonchev–Trinajstić information content (AvgIpc) is 2.66. The molecule has 1 heterocycles. The summed E-state index contributed by atoms with van der Waals surface area (Å²) in [4.78, 5) is 28.5. The molecular weight excluding hydrogens is 196 g/mol. The van der Waals surface area contributed by atoms with Gasteiger partial charge in [0.1, 0.15) is 0 Å². The summed E-state index contributed by atoms with van der Waals surface area (Å²) >= 11 is 0. The van der Waals surface area contributed by atoms with Gasteiger partial charge in [-0.1, -0.05) is 6.92 Å². The number of hydrogen-bond acceptors (Lipinski definition) is 3. The average molecular weight is 209 g/mol. The van der Waals surface area contributed by atoms with Crippen LogP contribution in [0.15, 0.2) is 12.4 Å². The minimum atomic E-state index is -0.419. The van der Waals surface area contributed by atoms with Gasteiger partial charge in [0, 0.05) is 18.3 Å². The number of aromatic amines is 1. The van der Waals surface area contributed by atoms with Crippen molar-refractivity contribution in [1.82, 2.24) is 9.97 Å². The highest BCUT2D eigenvalue weighted by molar-refractivity contribution is 5.96. The number of amides is 2. The van der Waals surface area contributed by atoms with Crippen molar-refractivity contribution in [3.8, 4) is 0 Å². The van der Waals surface area contributed by atoms with E-state index in [2.05, 4.69) is 15.3 Å². The van der Waals surface area contributed by atoms with Crippen LogP contribution in [0.4, 0.5) is 5.95 Å². The smallest absolute Gasteiger partial charge is 0.230 e. The molecule has 6 nitrogen and oxygen atoms in total. The van der Waals surface area contributed by atoms with E-state index in [-0.39, 0.29) is 11.8 Å². The molecule has 0 aliphatic rings. The number of rotatable bonds is 5. The van der Waals surface area contributed by atoms with Crippen LogP contribution in [0.3, 0.4) is 0 Å². The number of carbonyl (C=O) groups excluding carboxylic acids is 2. The fourth-order valence-corrected chi connectivity index (χ4v) is 0.901. The van der Waals surface area contributed by atoms with Crippen molar-refractivity contribution < 1.29 is 9.59 Å². The van der Waals surface area contributed by atoms with E-state index in [9.17, 15) is 9.59 Å². The predicted molar refractivity (Wildman–Crippen MR) is 54.5 cm³/mol. The minimum absolute atomic E-state index is 0.307. The molecule has 1 aromatic rings. The number of nitrogens with one attached hydrogen (secondary N) is 2. The van der Waals surface area contributed by atoms with Gasteiger partial charge in [-0.2, -0.15) is 0 Å². The zero-order valence-corrected chi connectivity index (χ0v) is 8.36. The largest absolute Gasteiger partial charge is 0.369 e. The lowest BCUT2D eigenvalue weighted by atomic mass is 10.1. The summed E-state index contributed by atoms with van der Waals surface area (Å²) in [5.41, 5.74) is 5.05. The molecule has 2 amide bonds. The van der Waals surface area contributed by atoms with Crippen LogP contribution in [-0.2, 0) is 9.59 Å². The zero-order valence-electron chi connectivity index (χ0n) is 8.36. The van der Waals surface area contributed by atoms with Crippen LogP contribution < -0.4 is 11.1 Å². The molecule has 0 saturated carbocycles. The van der Waals surface area contributed by atoms with Crippen molar-refractivity contribution in [2.24, 2.45) is 11.7 Å². The highest BCUT2D eigenvalue weighted by atomic mass is 16.2. The summed E-state index contributed by atoms with van der Waals surface area (Å²) in [6.07, 6.45) is 4.82. The van der Waals surface area contributed by atoms with Crippen LogP contribution in [0.5, 0.6) is 0 Å². The van der Waals surface area contributed by atoms with E-state index in [1.54, 1.807) is 13.1 Å². The Kier molecular flexibility index (Phi) is 3.84. The van der Waals surface area contributed by atoms with E-state index >= 15 is 0 Å². The second kappa shape index (κ2) is 5.14. The summed E-state index contributed by atoms with van der Waals surface area (Å²) in [5.74, 6) is -0.689. The molecule has 0 fully saturated rings. The number of imidazole rings is 1. The standard InChI is InChI=1S/C9H13N4O2/c1-6(8(10)15)2-3-7(14)13-9-11-4-5-12-9/h3-6H,2H2,1H3,(H2,10,15)(H2,11,12,13,14). The zero-order chi connectivity index (χ0) is 11.3. The lowest BCUT2D eigenvalue weighted by Gasteiger charge is -2.05. The van der Waals surface area contributed by atoms with Gasteiger partial charge >= 0.3 is 0 Å². The molecule has 1 radical (unpaired) electrons. The fraction of sp³-hybridized carbons (Fsp3) is 0.333. The number of aromatic nitrogens is 2. The molecule has 1 unspecified atom stereocenters. The van der Waals surface area contributed by atoms with Gasteiger partial charge in [0.15, 0.2) is 0 Å². The Balaban J connectivity index is 2.28. The number of carbonyl (C=O) groups is 2. The molecule has 0 spiro atoms. The number of H-pyrrole nitrogens is 1. The van der Waals surface area contributed by atoms with Crippen LogP contribution in [0.25, 0.3) is 0 Å². The number of nitrogens with two attached hydrogens (primary N) is 1. The number of hydrogen-bond donors (Lipinski definition) is 3. The van der Waals surface area contributed by atoms with Gasteiger partial charge in [-0.25, -0.2) is 4.98 Å². The van der Waals surface area contributed by atoms with Crippen molar-refractivity contribution in [1.29, 1.82) is 0 Å². The maximum absolute atomic E-state index is 11.3. The van der Waals surface area contributed by atoms with Gasteiger partial charge in [-0.05, 0) is 6.42 Å². The lowest BCUT2D eigenvalue weighted by molar-refractivity contribution is -0.121. The first-order valence-electron chi connectivity index (χ1n) is 4.52. The highest BCUT2D eigenvalue weighted by Crippen LogP contribution is 2.05. The quantitative estimate of drug-likeness (QED) is 0.639. The number of primary amides is 1. The maximum atomic E-state index is 11.3. The van der Waals surface area contributed by atoms with Gasteiger partial charge in [0.05, 0.1) is 6.42 Å². The second-order valence-electron chi connectivity index (χ2n) is 3.17. The summed E-state index contributed by atoms with van der Waals surface area (Å²) < 4.78 is 0. The lowest BCUT2D eigenvalue weighted by Crippen LogP contribution is -2.23. The maximum Gasteiger partial charge on any atom is 0.230 e. The molecular formula is C9H13N4O2. The normalized spacial score (nSPS) is 12.1. The third kappa shape index (κ3) is 3.80. The molecule has 1 atom stereocenters. The third-order valence-electron chi connectivity index (χ3n) is 1.88. The van der Waals surface area contributed by atoms with E-state index in [1.165, 1.54) is 12.6 Å². The van der Waals surface area contributed by atoms with E-state index in [1.807, 2.05) is 0 Å². The molecule has 0 bridgehead atoms. The Morgan fingerprint density at radius 3 is 3.00 bits per heavy atom. The molecule has 0 aromatic carbocycles. The molecule has 1 aromatic heterocycles. The van der Waals surface area contributed by atoms with Crippen LogP contribution in [0, 0.1) is 12.3 Å². The molecule has 81 valence electrons. The molecule has 0 aliphatic heterocycles. The predicted octanol–water partition coefficient (Wildman–Crippen LogP) is 0.0640. The second-order valence-corrected chi connectivity index (χ2v) is 3.17. The van der Waals surface area contributed by atoms with Gasteiger partial charge in [0.2, 0.25) is 17.8 Å². The molecule has 4 N–H and O–H groups in total. The Bertz CT molecular complexity index is 334. The number of anilines is 1. The fourth-order valence-electron chi connectivity index (χ4n) is 0.901. The van der Waals surface area contributed by atoms with Crippen LogP contribution >= 0.6 is 0 Å². The molecule has 0 saturated heterocycles. The molecule has 1 rings (SSSR count). The highest BCUT2D eigenvalue weighted by Gasteiger charge is 2.12. The van der Waals surface area contributed by atoms with Crippen molar-refractivity contribution in [2.45, 2.75) is 13.3 Å². The first-order valence-corrected chi connectivity index (χ1v) is 4.52. The van der Waals surface area contributed by atoms with Gasteiger partial charge in [-0.15, -0.1) is 0 Å². The minimum Gasteiger partial charge on any atom is -0.369 e. The van der Waals surface area contributed by atoms with Crippen LogP contribution in [0.2, 0.25) is 0 Å². The van der Waals surface area contributed by atoms with Crippen molar-refractivity contribution in [3.63, 3.8) is 0 Å². The van der Waals surface area contributed by atoms with E-state index in [0.717, 1.165) is 0 Å². The van der Waals surface area contributed by atoms with E-state index in [4.69, 9.17) is 5.73 Å². The molecule has 15 heavy (non-hydrogen) atoms. The summed E-state index contributed by atoms with van der Waals surface area (Å²) in [5, 5.41) is 2.50. The van der Waals surface area contributed by atoms with Crippen molar-refractivity contribution in [3.05, 3.63) is 18.8 Å². The molecule has 6 heteroatoms. The Morgan fingerprint density at radius 1 is 1.73 bits per heavy atom.